The summed E-state index contributed by atoms with van der Waals surface area (Å²) in [5, 5.41) is 10.6. The average Bonchev–Trinajstić information content (AvgIpc) is 2.68. The molecule has 1 aromatic heterocycles. The van der Waals surface area contributed by atoms with Crippen LogP contribution in [0.2, 0.25) is 4.34 Å². The van der Waals surface area contributed by atoms with Crippen LogP contribution in [-0.4, -0.2) is 43.2 Å². The molecule has 0 aliphatic heterocycles. The topological polar surface area (TPSA) is 80.5 Å². The largest absolute Gasteiger partial charge is 0.300 e. The van der Waals surface area contributed by atoms with Gasteiger partial charge in [-0.15, -0.1) is 11.3 Å². The van der Waals surface area contributed by atoms with Gasteiger partial charge in [-0.3, -0.25) is 10.1 Å². The second-order valence-corrected chi connectivity index (χ2v) is 8.21. The highest BCUT2D eigenvalue weighted by Gasteiger charge is 2.28. The summed E-state index contributed by atoms with van der Waals surface area (Å²) in [6.07, 6.45) is 1.87. The second-order valence-electron chi connectivity index (χ2n) is 3.30. The molecule has 0 saturated carbocycles. The van der Waals surface area contributed by atoms with Gasteiger partial charge in [0.25, 0.3) is 15.7 Å². The molecule has 102 valence electrons. The highest BCUT2D eigenvalue weighted by molar-refractivity contribution is 7.98. The van der Waals surface area contributed by atoms with Crippen molar-refractivity contribution in [3.8, 4) is 0 Å². The summed E-state index contributed by atoms with van der Waals surface area (Å²) in [7, 11) is -2.26. The van der Waals surface area contributed by atoms with E-state index in [2.05, 4.69) is 0 Å². The zero-order valence-electron chi connectivity index (χ0n) is 9.62. The zero-order chi connectivity index (χ0) is 13.9. The number of rotatable bonds is 6. The van der Waals surface area contributed by atoms with E-state index in [9.17, 15) is 18.5 Å². The van der Waals surface area contributed by atoms with E-state index in [-0.39, 0.29) is 14.2 Å². The van der Waals surface area contributed by atoms with Crippen LogP contribution in [0.5, 0.6) is 0 Å². The molecule has 1 heterocycles. The van der Waals surface area contributed by atoms with Crippen LogP contribution in [0, 0.1) is 10.1 Å². The third kappa shape index (κ3) is 3.35. The molecular formula is C8H11ClN2O4S3. The molecule has 0 fully saturated rings. The number of thiophene rings is 1. The highest BCUT2D eigenvalue weighted by atomic mass is 35.5. The Labute approximate surface area is 118 Å². The zero-order valence-corrected chi connectivity index (χ0v) is 12.8. The first-order valence-electron chi connectivity index (χ1n) is 4.69. The number of thioether (sulfide) groups is 1. The average molecular weight is 331 g/mol. The minimum Gasteiger partial charge on any atom is -0.258 e. The maximum Gasteiger partial charge on any atom is 0.300 e. The summed E-state index contributed by atoms with van der Waals surface area (Å²) in [4.78, 5) is 9.93. The Balaban J connectivity index is 3.05. The van der Waals surface area contributed by atoms with Crippen molar-refractivity contribution in [3.05, 3.63) is 20.5 Å². The molecule has 0 aromatic carbocycles. The number of sulfonamides is 1. The number of nitrogens with zero attached hydrogens (tertiary/aromatic N) is 2. The summed E-state index contributed by atoms with van der Waals surface area (Å²) in [5.74, 6) is 0.650. The minimum atomic E-state index is -3.70. The Morgan fingerprint density at radius 3 is 2.67 bits per heavy atom. The molecule has 0 spiro atoms. The molecule has 0 saturated heterocycles. The van der Waals surface area contributed by atoms with Gasteiger partial charge >= 0.3 is 0 Å². The molecule has 1 aromatic rings. The van der Waals surface area contributed by atoms with Crippen molar-refractivity contribution in [3.63, 3.8) is 0 Å². The van der Waals surface area contributed by atoms with Crippen molar-refractivity contribution in [2.24, 2.45) is 0 Å². The van der Waals surface area contributed by atoms with Crippen LogP contribution >= 0.6 is 34.7 Å². The monoisotopic (exact) mass is 330 g/mol. The van der Waals surface area contributed by atoms with Crippen LogP contribution < -0.4 is 0 Å². The van der Waals surface area contributed by atoms with E-state index in [1.807, 2.05) is 6.26 Å². The Morgan fingerprint density at radius 2 is 2.22 bits per heavy atom. The van der Waals surface area contributed by atoms with E-state index in [0.717, 1.165) is 10.4 Å². The van der Waals surface area contributed by atoms with Crippen LogP contribution in [0.15, 0.2) is 10.3 Å². The van der Waals surface area contributed by atoms with Gasteiger partial charge in [0.15, 0.2) is 4.34 Å². The SMILES string of the molecule is CSCCN(C)S(=O)(=O)c1cc([N+](=O)[O-])c(Cl)s1. The molecule has 0 aliphatic carbocycles. The normalized spacial score (nSPS) is 12.0. The van der Waals surface area contributed by atoms with E-state index in [1.165, 1.54) is 18.8 Å². The fraction of sp³-hybridized carbons (Fsp3) is 0.500. The third-order valence-corrected chi connectivity index (χ3v) is 6.35. The van der Waals surface area contributed by atoms with Gasteiger partial charge < -0.3 is 0 Å². The Bertz CT molecular complexity index is 543. The van der Waals surface area contributed by atoms with Gasteiger partial charge in [0.1, 0.15) is 4.21 Å². The number of hydrogen-bond donors (Lipinski definition) is 0. The maximum absolute atomic E-state index is 12.1. The first-order valence-corrected chi connectivity index (χ1v) is 8.72. The lowest BCUT2D eigenvalue weighted by molar-refractivity contribution is -0.384. The van der Waals surface area contributed by atoms with Gasteiger partial charge in [-0.2, -0.15) is 16.1 Å². The van der Waals surface area contributed by atoms with Crippen molar-refractivity contribution in [2.75, 3.05) is 25.6 Å². The van der Waals surface area contributed by atoms with E-state index in [1.54, 1.807) is 0 Å². The molecule has 0 amide bonds. The molecule has 1 rings (SSSR count). The maximum atomic E-state index is 12.1. The highest BCUT2D eigenvalue weighted by Crippen LogP contribution is 2.37. The molecule has 0 aliphatic rings. The van der Waals surface area contributed by atoms with Gasteiger partial charge in [-0.1, -0.05) is 11.6 Å². The first-order chi connectivity index (χ1) is 8.30. The van der Waals surface area contributed by atoms with E-state index >= 15 is 0 Å². The van der Waals surface area contributed by atoms with Crippen molar-refractivity contribution in [2.45, 2.75) is 4.21 Å². The molecule has 6 nitrogen and oxygen atoms in total. The van der Waals surface area contributed by atoms with Crippen LogP contribution in [0.25, 0.3) is 0 Å². The van der Waals surface area contributed by atoms with Crippen LogP contribution in [0.3, 0.4) is 0 Å². The minimum absolute atomic E-state index is 0.109. The first kappa shape index (κ1) is 15.7. The predicted octanol–water partition coefficient (Wildman–Crippen LogP) is 2.29. The fourth-order valence-electron chi connectivity index (χ4n) is 1.08. The summed E-state index contributed by atoms with van der Waals surface area (Å²) in [6.45, 7) is 0.340. The van der Waals surface area contributed by atoms with Gasteiger partial charge in [0, 0.05) is 25.4 Å². The van der Waals surface area contributed by atoms with Crippen molar-refractivity contribution < 1.29 is 13.3 Å². The Morgan fingerprint density at radius 1 is 1.61 bits per heavy atom. The molecule has 0 radical (unpaired) electrons. The molecule has 0 unspecified atom stereocenters. The number of hydrogen-bond acceptors (Lipinski definition) is 6. The Hall–Kier alpha value is -0.350. The van der Waals surface area contributed by atoms with E-state index in [0.29, 0.717) is 23.6 Å². The van der Waals surface area contributed by atoms with Gasteiger partial charge in [-0.05, 0) is 6.26 Å². The molecule has 10 heteroatoms. The van der Waals surface area contributed by atoms with E-state index in [4.69, 9.17) is 11.6 Å². The van der Waals surface area contributed by atoms with Crippen LogP contribution in [-0.2, 0) is 10.0 Å². The van der Waals surface area contributed by atoms with Crippen molar-refractivity contribution in [1.29, 1.82) is 0 Å². The fourth-order valence-corrected chi connectivity index (χ4v) is 4.70. The third-order valence-electron chi connectivity index (χ3n) is 2.12. The molecular weight excluding hydrogens is 320 g/mol. The lowest BCUT2D eigenvalue weighted by Crippen LogP contribution is -2.28. The smallest absolute Gasteiger partial charge is 0.258 e. The quantitative estimate of drug-likeness (QED) is 0.590. The standard InChI is InChI=1S/C8H11ClN2O4S3/c1-10(3-4-16-2)18(14,15)7-5-6(11(12)13)8(9)17-7/h5H,3-4H2,1-2H3. The Kier molecular flexibility index (Phi) is 5.41. The number of nitro groups is 1. The molecule has 0 N–H and O–H groups in total. The van der Waals surface area contributed by atoms with Crippen LogP contribution in [0.4, 0.5) is 5.69 Å². The predicted molar refractivity (Wildman–Crippen MR) is 74.2 cm³/mol. The molecule has 0 bridgehead atoms. The van der Waals surface area contributed by atoms with Crippen molar-refractivity contribution in [1.82, 2.24) is 4.31 Å². The molecule has 18 heavy (non-hydrogen) atoms. The number of halogens is 1. The van der Waals surface area contributed by atoms with Gasteiger partial charge in [0.2, 0.25) is 0 Å². The summed E-state index contributed by atoms with van der Waals surface area (Å²) in [5.41, 5.74) is -0.376. The second kappa shape index (κ2) is 6.20. The summed E-state index contributed by atoms with van der Waals surface area (Å²) >= 11 is 7.86. The van der Waals surface area contributed by atoms with Gasteiger partial charge in [0.05, 0.1) is 4.92 Å². The summed E-state index contributed by atoms with van der Waals surface area (Å²) in [6, 6.07) is 0.998. The van der Waals surface area contributed by atoms with E-state index < -0.39 is 14.9 Å². The van der Waals surface area contributed by atoms with Crippen molar-refractivity contribution >= 4 is 50.4 Å². The summed E-state index contributed by atoms with van der Waals surface area (Å²) < 4.78 is 25.1. The molecule has 0 atom stereocenters. The van der Waals surface area contributed by atoms with Gasteiger partial charge in [-0.25, -0.2) is 8.42 Å². The lowest BCUT2D eigenvalue weighted by Gasteiger charge is -2.14. The van der Waals surface area contributed by atoms with Crippen LogP contribution in [0.1, 0.15) is 0 Å². The lowest BCUT2D eigenvalue weighted by atomic mass is 10.6.